The van der Waals surface area contributed by atoms with Crippen molar-refractivity contribution in [3.63, 3.8) is 0 Å². The summed E-state index contributed by atoms with van der Waals surface area (Å²) in [6.45, 7) is 2.45. The maximum Gasteiger partial charge on any atom is 0.220 e. The molecule has 0 radical (unpaired) electrons. The Hall–Kier alpha value is -1.27. The van der Waals surface area contributed by atoms with Gasteiger partial charge in [0.25, 0.3) is 0 Å². The van der Waals surface area contributed by atoms with Crippen molar-refractivity contribution < 1.29 is 64.6 Å². The van der Waals surface area contributed by atoms with E-state index in [0.29, 0.717) is 6.42 Å². The molecule has 0 aliphatic carbocycles. The molecule has 9 N–H and O–H groups in total. The average molecular weight is 680 g/mol. The van der Waals surface area contributed by atoms with Crippen molar-refractivity contribution in [2.75, 3.05) is 19.8 Å². The Bertz CT molecular complexity index is 862. The highest BCUT2D eigenvalue weighted by atomic mass is 16.7. The lowest BCUT2D eigenvalue weighted by molar-refractivity contribution is -0.359. The van der Waals surface area contributed by atoms with Crippen LogP contribution in [0.1, 0.15) is 97.3 Å². The number of unbranched alkanes of at least 4 members (excludes halogenated alkanes) is 10. The summed E-state index contributed by atoms with van der Waals surface area (Å²) in [5, 5.41) is 85.2. The van der Waals surface area contributed by atoms with Crippen LogP contribution in [0, 0.1) is 0 Å². The number of rotatable bonds is 23. The molecule has 2 saturated heterocycles. The van der Waals surface area contributed by atoms with Gasteiger partial charge in [0.15, 0.2) is 12.6 Å². The summed E-state index contributed by atoms with van der Waals surface area (Å²) < 4.78 is 22.3. The SMILES string of the molecule is CCCCCCCCCCC/C=C/C(O)C(COC1OC(CO)C(OC2OC(CO)C(O)C(O)C2O)C(O)C1O)NC(=O)CCCC. The Balaban J connectivity index is 1.95. The van der Waals surface area contributed by atoms with Gasteiger partial charge in [0, 0.05) is 6.42 Å². The maximum absolute atomic E-state index is 12.5. The number of hydrogen-bond donors (Lipinski definition) is 9. The first kappa shape index (κ1) is 41.9. The van der Waals surface area contributed by atoms with E-state index in [1.165, 1.54) is 44.9 Å². The average Bonchev–Trinajstić information content (AvgIpc) is 3.07. The molecule has 276 valence electrons. The number of carbonyl (C=O) groups excluding carboxylic acids is 1. The number of aliphatic hydroxyl groups excluding tert-OH is 8. The number of amides is 1. The van der Waals surface area contributed by atoms with Gasteiger partial charge in [0.05, 0.1) is 32.0 Å². The molecule has 0 bridgehead atoms. The van der Waals surface area contributed by atoms with Gasteiger partial charge in [-0.25, -0.2) is 0 Å². The van der Waals surface area contributed by atoms with E-state index in [9.17, 15) is 45.6 Å². The zero-order valence-corrected chi connectivity index (χ0v) is 28.0. The minimum absolute atomic E-state index is 0.257. The minimum Gasteiger partial charge on any atom is -0.394 e. The molecule has 1 amide bonds. The van der Waals surface area contributed by atoms with Crippen LogP contribution >= 0.6 is 0 Å². The first-order chi connectivity index (χ1) is 22.6. The van der Waals surface area contributed by atoms with Gasteiger partial charge in [-0.05, 0) is 19.3 Å². The lowest BCUT2D eigenvalue weighted by Crippen LogP contribution is -2.65. The summed E-state index contributed by atoms with van der Waals surface area (Å²) in [5.74, 6) is -0.279. The van der Waals surface area contributed by atoms with Crippen molar-refractivity contribution in [2.24, 2.45) is 0 Å². The smallest absolute Gasteiger partial charge is 0.220 e. The van der Waals surface area contributed by atoms with Crippen LogP contribution in [0.2, 0.25) is 0 Å². The summed E-state index contributed by atoms with van der Waals surface area (Å²) >= 11 is 0. The van der Waals surface area contributed by atoms with Gasteiger partial charge in [-0.3, -0.25) is 4.79 Å². The fourth-order valence-corrected chi connectivity index (χ4v) is 5.68. The Morgan fingerprint density at radius 1 is 0.745 bits per heavy atom. The van der Waals surface area contributed by atoms with Crippen molar-refractivity contribution in [1.29, 1.82) is 0 Å². The fourth-order valence-electron chi connectivity index (χ4n) is 5.68. The van der Waals surface area contributed by atoms with E-state index in [2.05, 4.69) is 12.2 Å². The number of carbonyl (C=O) groups is 1. The monoisotopic (exact) mass is 679 g/mol. The maximum atomic E-state index is 12.5. The van der Waals surface area contributed by atoms with Gasteiger partial charge in [-0.15, -0.1) is 0 Å². The summed E-state index contributed by atoms with van der Waals surface area (Å²) in [4.78, 5) is 12.5. The fraction of sp³-hybridized carbons (Fsp3) is 0.909. The number of aliphatic hydroxyl groups is 8. The molecule has 2 aliphatic rings. The lowest BCUT2D eigenvalue weighted by atomic mass is 9.97. The van der Waals surface area contributed by atoms with Crippen molar-refractivity contribution >= 4 is 5.91 Å². The molecule has 0 aromatic heterocycles. The molecule has 12 unspecified atom stereocenters. The van der Waals surface area contributed by atoms with Gasteiger partial charge in [-0.1, -0.05) is 83.8 Å². The summed E-state index contributed by atoms with van der Waals surface area (Å²) in [6, 6.07) is -0.901. The van der Waals surface area contributed by atoms with E-state index in [1.807, 2.05) is 13.0 Å². The first-order valence-electron chi connectivity index (χ1n) is 17.4. The highest BCUT2D eigenvalue weighted by Gasteiger charge is 2.50. The molecule has 14 nitrogen and oxygen atoms in total. The Labute approximate surface area is 278 Å². The predicted octanol–water partition coefficient (Wildman–Crippen LogP) is 0.140. The molecule has 0 spiro atoms. The van der Waals surface area contributed by atoms with Crippen LogP contribution in [0.5, 0.6) is 0 Å². The predicted molar refractivity (Wildman–Crippen MR) is 171 cm³/mol. The highest BCUT2D eigenvalue weighted by Crippen LogP contribution is 2.29. The highest BCUT2D eigenvalue weighted by molar-refractivity contribution is 5.76. The summed E-state index contributed by atoms with van der Waals surface area (Å²) in [6.07, 6.45) is -0.0988. The van der Waals surface area contributed by atoms with Crippen LogP contribution in [0.4, 0.5) is 0 Å². The largest absolute Gasteiger partial charge is 0.394 e. The molecule has 0 aromatic rings. The topological polar surface area (TPSA) is 228 Å². The molecule has 0 aromatic carbocycles. The normalized spacial score (nSPS) is 32.8. The molecule has 12 atom stereocenters. The standard InChI is InChI=1S/C33H61NO13/c1-3-5-7-8-9-10-11-12-13-14-15-16-22(37)21(34-25(38)17-6-4-2)20-44-32-30(43)28(41)31(24(19-36)46-32)47-33-29(42)27(40)26(39)23(18-35)45-33/h15-16,21-24,26-33,35-37,39-43H,3-14,17-20H2,1-2H3,(H,34,38)/b16-15+. The second-order valence-corrected chi connectivity index (χ2v) is 12.7. The zero-order chi connectivity index (χ0) is 34.8. The molecule has 2 rings (SSSR count). The molecule has 2 aliphatic heterocycles. The van der Waals surface area contributed by atoms with Gasteiger partial charge in [0.1, 0.15) is 48.8 Å². The second kappa shape index (κ2) is 23.2. The van der Waals surface area contributed by atoms with Crippen LogP contribution in [0.15, 0.2) is 12.2 Å². The third-order valence-corrected chi connectivity index (χ3v) is 8.72. The molecule has 47 heavy (non-hydrogen) atoms. The second-order valence-electron chi connectivity index (χ2n) is 12.7. The van der Waals surface area contributed by atoms with Crippen LogP contribution in [-0.2, 0) is 23.7 Å². The van der Waals surface area contributed by atoms with Gasteiger partial charge < -0.3 is 65.1 Å². The molecule has 2 heterocycles. The van der Waals surface area contributed by atoms with E-state index in [0.717, 1.165) is 25.7 Å². The van der Waals surface area contributed by atoms with E-state index >= 15 is 0 Å². The van der Waals surface area contributed by atoms with Crippen molar-refractivity contribution in [3.05, 3.63) is 12.2 Å². The Kier molecular flexibility index (Phi) is 20.7. The van der Waals surface area contributed by atoms with Crippen molar-refractivity contribution in [3.8, 4) is 0 Å². The Morgan fingerprint density at radius 2 is 1.32 bits per heavy atom. The van der Waals surface area contributed by atoms with Crippen LogP contribution in [-0.4, -0.2) is 140 Å². The number of allylic oxidation sites excluding steroid dienone is 1. The van der Waals surface area contributed by atoms with E-state index in [1.54, 1.807) is 6.08 Å². The van der Waals surface area contributed by atoms with Gasteiger partial charge in [0.2, 0.25) is 5.91 Å². The van der Waals surface area contributed by atoms with Crippen molar-refractivity contribution in [1.82, 2.24) is 5.32 Å². The van der Waals surface area contributed by atoms with Gasteiger partial charge >= 0.3 is 0 Å². The quantitative estimate of drug-likeness (QED) is 0.0518. The third kappa shape index (κ3) is 13.9. The van der Waals surface area contributed by atoms with E-state index < -0.39 is 86.8 Å². The summed E-state index contributed by atoms with van der Waals surface area (Å²) in [5.41, 5.74) is 0. The van der Waals surface area contributed by atoms with Crippen molar-refractivity contribution in [2.45, 2.75) is 171 Å². The number of nitrogens with one attached hydrogen (secondary N) is 1. The van der Waals surface area contributed by atoms with E-state index in [-0.39, 0.29) is 18.9 Å². The zero-order valence-electron chi connectivity index (χ0n) is 28.0. The minimum atomic E-state index is -1.78. The molecular weight excluding hydrogens is 618 g/mol. The van der Waals surface area contributed by atoms with Crippen LogP contribution in [0.25, 0.3) is 0 Å². The van der Waals surface area contributed by atoms with Gasteiger partial charge in [-0.2, -0.15) is 0 Å². The Morgan fingerprint density at radius 3 is 1.94 bits per heavy atom. The summed E-state index contributed by atoms with van der Waals surface area (Å²) in [7, 11) is 0. The lowest BCUT2D eigenvalue weighted by Gasteiger charge is -2.46. The number of ether oxygens (including phenoxy) is 4. The van der Waals surface area contributed by atoms with Crippen LogP contribution < -0.4 is 5.32 Å². The molecule has 14 heteroatoms. The van der Waals surface area contributed by atoms with E-state index in [4.69, 9.17) is 18.9 Å². The third-order valence-electron chi connectivity index (χ3n) is 8.72. The number of hydrogen-bond acceptors (Lipinski definition) is 13. The molecule has 2 fully saturated rings. The molecular formula is C33H61NO13. The first-order valence-corrected chi connectivity index (χ1v) is 17.4. The van der Waals surface area contributed by atoms with Crippen LogP contribution in [0.3, 0.4) is 0 Å². The molecule has 0 saturated carbocycles.